The van der Waals surface area contributed by atoms with Crippen LogP contribution in [0.25, 0.3) is 5.82 Å². The van der Waals surface area contributed by atoms with E-state index in [2.05, 4.69) is 25.3 Å². The number of anilines is 2. The number of rotatable bonds is 6. The number of benzene rings is 1. The van der Waals surface area contributed by atoms with Crippen LogP contribution in [0.5, 0.6) is 0 Å². The Morgan fingerprint density at radius 3 is 2.42 bits per heavy atom. The van der Waals surface area contributed by atoms with Crippen molar-refractivity contribution in [3.05, 3.63) is 54.1 Å². The lowest BCUT2D eigenvalue weighted by Crippen LogP contribution is -2.39. The third-order valence-electron chi connectivity index (χ3n) is 5.64. The van der Waals surface area contributed by atoms with Crippen molar-refractivity contribution in [1.82, 2.24) is 19.7 Å². The summed E-state index contributed by atoms with van der Waals surface area (Å²) in [4.78, 5) is 11.7. The van der Waals surface area contributed by atoms with Crippen LogP contribution >= 0.6 is 0 Å². The van der Waals surface area contributed by atoms with Crippen LogP contribution < -0.4 is 10.2 Å². The summed E-state index contributed by atoms with van der Waals surface area (Å²) in [6.45, 7) is 7.41. The Labute approximate surface area is 183 Å². The minimum atomic E-state index is -3.16. The van der Waals surface area contributed by atoms with Gasteiger partial charge in [-0.1, -0.05) is 6.92 Å². The summed E-state index contributed by atoms with van der Waals surface area (Å²) in [5.41, 5.74) is 3.03. The van der Waals surface area contributed by atoms with E-state index < -0.39 is 9.84 Å². The van der Waals surface area contributed by atoms with E-state index >= 15 is 0 Å². The number of piperidine rings is 1. The smallest absolute Gasteiger partial charge is 0.178 e. The first kappa shape index (κ1) is 21.3. The summed E-state index contributed by atoms with van der Waals surface area (Å²) in [6, 6.07) is 9.54. The molecule has 4 rings (SSSR count). The zero-order valence-electron chi connectivity index (χ0n) is 18.1. The molecule has 1 fully saturated rings. The van der Waals surface area contributed by atoms with E-state index in [1.807, 2.05) is 32.0 Å². The van der Waals surface area contributed by atoms with Crippen LogP contribution in [0.1, 0.15) is 31.2 Å². The first-order chi connectivity index (χ1) is 14.9. The second-order valence-electron chi connectivity index (χ2n) is 7.90. The highest BCUT2D eigenvalue weighted by molar-refractivity contribution is 7.91. The minimum Gasteiger partial charge on any atom is -0.371 e. The SMILES string of the molecule is CCS(=O)(=O)c1ccc(N2CCC(Nc3cncc(-n4nc(C)cc4C)n3)CC2)cc1. The first-order valence-corrected chi connectivity index (χ1v) is 12.2. The lowest BCUT2D eigenvalue weighted by molar-refractivity contribution is 0.525. The van der Waals surface area contributed by atoms with E-state index in [1.54, 1.807) is 36.1 Å². The third-order valence-corrected chi connectivity index (χ3v) is 7.39. The number of hydrogen-bond donors (Lipinski definition) is 1. The predicted octanol–water partition coefficient (Wildman–Crippen LogP) is 3.15. The molecule has 31 heavy (non-hydrogen) atoms. The van der Waals surface area contributed by atoms with Crippen molar-refractivity contribution in [3.8, 4) is 5.82 Å². The van der Waals surface area contributed by atoms with Crippen LogP contribution in [-0.2, 0) is 9.84 Å². The molecule has 0 spiro atoms. The van der Waals surface area contributed by atoms with E-state index in [0.717, 1.165) is 48.8 Å². The topological polar surface area (TPSA) is 93.0 Å². The highest BCUT2D eigenvalue weighted by atomic mass is 32.2. The van der Waals surface area contributed by atoms with Gasteiger partial charge in [0.1, 0.15) is 5.82 Å². The number of sulfone groups is 1. The van der Waals surface area contributed by atoms with Crippen LogP contribution in [0.2, 0.25) is 0 Å². The maximum Gasteiger partial charge on any atom is 0.178 e. The van der Waals surface area contributed by atoms with Gasteiger partial charge in [0, 0.05) is 30.5 Å². The quantitative estimate of drug-likeness (QED) is 0.629. The maximum absolute atomic E-state index is 12.0. The van der Waals surface area contributed by atoms with E-state index in [1.165, 1.54) is 0 Å². The lowest BCUT2D eigenvalue weighted by atomic mass is 10.0. The third kappa shape index (κ3) is 4.71. The molecule has 0 amide bonds. The molecule has 1 aliphatic rings. The highest BCUT2D eigenvalue weighted by Gasteiger charge is 2.21. The second-order valence-corrected chi connectivity index (χ2v) is 10.2. The fourth-order valence-electron chi connectivity index (χ4n) is 3.91. The summed E-state index contributed by atoms with van der Waals surface area (Å²) in [7, 11) is -3.16. The van der Waals surface area contributed by atoms with Crippen molar-refractivity contribution in [3.63, 3.8) is 0 Å². The molecule has 0 unspecified atom stereocenters. The van der Waals surface area contributed by atoms with Crippen molar-refractivity contribution < 1.29 is 8.42 Å². The summed E-state index contributed by atoms with van der Waals surface area (Å²) in [6.07, 6.45) is 5.38. The van der Waals surface area contributed by atoms with Crippen molar-refractivity contribution >= 4 is 21.3 Å². The highest BCUT2D eigenvalue weighted by Crippen LogP contribution is 2.24. The summed E-state index contributed by atoms with van der Waals surface area (Å²) in [5, 5.41) is 7.99. The van der Waals surface area contributed by atoms with Crippen molar-refractivity contribution in [1.29, 1.82) is 0 Å². The number of nitrogens with one attached hydrogen (secondary N) is 1. The Kier molecular flexibility index (Phi) is 5.95. The summed E-state index contributed by atoms with van der Waals surface area (Å²) in [5.74, 6) is 1.57. The first-order valence-electron chi connectivity index (χ1n) is 10.6. The zero-order valence-corrected chi connectivity index (χ0v) is 18.9. The van der Waals surface area contributed by atoms with Gasteiger partial charge in [-0.25, -0.2) is 18.1 Å². The Bertz CT molecular complexity index is 1150. The predicted molar refractivity (Wildman–Crippen MR) is 122 cm³/mol. The molecular weight excluding hydrogens is 412 g/mol. The van der Waals surface area contributed by atoms with Gasteiger partial charge < -0.3 is 10.2 Å². The van der Waals surface area contributed by atoms with Gasteiger partial charge in [0.25, 0.3) is 0 Å². The standard InChI is InChI=1S/C22H28N6O2S/c1-4-31(29,30)20-7-5-19(6-8-20)27-11-9-18(10-12-27)24-21-14-23-15-22(25-21)28-17(3)13-16(2)26-28/h5-8,13-15,18H,4,9-12H2,1-3H3,(H,24,25). The Morgan fingerprint density at radius 2 is 1.81 bits per heavy atom. The molecule has 164 valence electrons. The lowest BCUT2D eigenvalue weighted by Gasteiger charge is -2.34. The molecule has 0 atom stereocenters. The van der Waals surface area contributed by atoms with Gasteiger partial charge >= 0.3 is 0 Å². The van der Waals surface area contributed by atoms with Gasteiger partial charge in [-0.15, -0.1) is 0 Å². The van der Waals surface area contributed by atoms with Crippen LogP contribution in [0.4, 0.5) is 11.5 Å². The Balaban J connectivity index is 1.38. The van der Waals surface area contributed by atoms with Gasteiger partial charge in [-0.05, 0) is 57.0 Å². The number of aryl methyl sites for hydroxylation is 2. The second kappa shape index (κ2) is 8.66. The molecule has 2 aromatic heterocycles. The maximum atomic E-state index is 12.0. The molecule has 9 heteroatoms. The van der Waals surface area contributed by atoms with Gasteiger partial charge in [0.2, 0.25) is 0 Å². The van der Waals surface area contributed by atoms with E-state index in [9.17, 15) is 8.42 Å². The normalized spacial score (nSPS) is 15.3. The molecule has 0 aliphatic carbocycles. The average Bonchev–Trinajstić information content (AvgIpc) is 3.12. The number of nitrogens with zero attached hydrogens (tertiary/aromatic N) is 5. The summed E-state index contributed by atoms with van der Waals surface area (Å²) >= 11 is 0. The van der Waals surface area contributed by atoms with Gasteiger partial charge in [0.05, 0.1) is 28.7 Å². The molecule has 1 saturated heterocycles. The fraction of sp³-hybridized carbons (Fsp3) is 0.409. The fourth-order valence-corrected chi connectivity index (χ4v) is 4.79. The molecular formula is C22H28N6O2S. The molecule has 8 nitrogen and oxygen atoms in total. The van der Waals surface area contributed by atoms with Crippen molar-refractivity contribution in [2.45, 2.75) is 44.6 Å². The Hall–Kier alpha value is -2.94. The number of hydrogen-bond acceptors (Lipinski definition) is 7. The van der Waals surface area contributed by atoms with Crippen LogP contribution in [0.3, 0.4) is 0 Å². The largest absolute Gasteiger partial charge is 0.371 e. The average molecular weight is 441 g/mol. The monoisotopic (exact) mass is 440 g/mol. The van der Waals surface area contributed by atoms with Gasteiger partial charge in [0.15, 0.2) is 15.7 Å². The molecule has 1 aromatic carbocycles. The van der Waals surface area contributed by atoms with Gasteiger partial charge in [-0.3, -0.25) is 4.98 Å². The van der Waals surface area contributed by atoms with Crippen LogP contribution in [-0.4, -0.2) is 53.1 Å². The zero-order chi connectivity index (χ0) is 22.0. The van der Waals surface area contributed by atoms with E-state index in [0.29, 0.717) is 16.8 Å². The molecule has 3 aromatic rings. The number of aromatic nitrogens is 4. The van der Waals surface area contributed by atoms with Gasteiger partial charge in [-0.2, -0.15) is 5.10 Å². The van der Waals surface area contributed by atoms with E-state index in [-0.39, 0.29) is 5.75 Å². The van der Waals surface area contributed by atoms with E-state index in [4.69, 9.17) is 0 Å². The molecule has 1 aliphatic heterocycles. The minimum absolute atomic E-state index is 0.118. The molecule has 3 heterocycles. The van der Waals surface area contributed by atoms with Crippen molar-refractivity contribution in [2.24, 2.45) is 0 Å². The Morgan fingerprint density at radius 1 is 1.10 bits per heavy atom. The molecule has 0 radical (unpaired) electrons. The molecule has 0 saturated carbocycles. The summed E-state index contributed by atoms with van der Waals surface area (Å²) < 4.78 is 25.8. The molecule has 1 N–H and O–H groups in total. The van der Waals surface area contributed by atoms with Crippen LogP contribution in [0, 0.1) is 13.8 Å². The molecule has 0 bridgehead atoms. The van der Waals surface area contributed by atoms with Crippen molar-refractivity contribution in [2.75, 3.05) is 29.1 Å². The van der Waals surface area contributed by atoms with Crippen LogP contribution in [0.15, 0.2) is 47.6 Å².